The van der Waals surface area contributed by atoms with Gasteiger partial charge in [-0.15, -0.1) is 6.58 Å². The Hall–Kier alpha value is -3.42. The number of benzene rings is 1. The largest absolute Gasteiger partial charge is 0.496 e. The lowest BCUT2D eigenvalue weighted by molar-refractivity contribution is -0.138. The van der Waals surface area contributed by atoms with Gasteiger partial charge in [0.25, 0.3) is 5.91 Å². The molecule has 2 saturated heterocycles. The number of aromatic amines is 1. The topological polar surface area (TPSA) is 109 Å². The zero-order valence-electron chi connectivity index (χ0n) is 21.6. The molecule has 0 radical (unpaired) electrons. The molecule has 2 aliphatic heterocycles. The zero-order chi connectivity index (χ0) is 26.4. The van der Waals surface area contributed by atoms with Crippen molar-refractivity contribution in [3.05, 3.63) is 42.6 Å². The molecule has 2 N–H and O–H groups in total. The molecular formula is C29H35N3O5. The SMILES string of the molecule is C=CC12CN(C(=O)c3cc4c(OC)cccc4[nH]3)C(C(=O)NC(CC3CCCCC3=O)C(=O)CC)(C1)C2. The molecule has 6 rings (SSSR count). The number of nitrogens with one attached hydrogen (secondary N) is 2. The summed E-state index contributed by atoms with van der Waals surface area (Å²) in [4.78, 5) is 57.7. The zero-order valence-corrected chi connectivity index (χ0v) is 21.6. The number of methoxy groups -OCH3 is 1. The lowest BCUT2D eigenvalue weighted by atomic mass is 9.61. The van der Waals surface area contributed by atoms with E-state index < -0.39 is 11.6 Å². The maximum atomic E-state index is 13.8. The molecule has 2 bridgehead atoms. The number of fused-ring (bicyclic) bond motifs is 2. The van der Waals surface area contributed by atoms with E-state index in [1.807, 2.05) is 24.3 Å². The number of Topliss-reactive ketones (excluding diaryl/α,β-unsaturated/α-hetero) is 2. The van der Waals surface area contributed by atoms with Crippen molar-refractivity contribution in [1.82, 2.24) is 15.2 Å². The molecule has 2 saturated carbocycles. The summed E-state index contributed by atoms with van der Waals surface area (Å²) in [5, 5.41) is 3.77. The van der Waals surface area contributed by atoms with E-state index in [0.29, 0.717) is 43.7 Å². The third kappa shape index (κ3) is 4.16. The Morgan fingerprint density at radius 1 is 1.30 bits per heavy atom. The van der Waals surface area contributed by atoms with E-state index in [0.717, 1.165) is 30.2 Å². The summed E-state index contributed by atoms with van der Waals surface area (Å²) in [5.74, 6) is -0.0464. The highest BCUT2D eigenvalue weighted by Crippen LogP contribution is 2.60. The van der Waals surface area contributed by atoms with Gasteiger partial charge in [0.15, 0.2) is 5.78 Å². The molecule has 37 heavy (non-hydrogen) atoms. The monoisotopic (exact) mass is 505 g/mol. The van der Waals surface area contributed by atoms with Gasteiger partial charge in [0.1, 0.15) is 22.8 Å². The number of H-pyrrole nitrogens is 1. The number of carbonyl (C=O) groups is 4. The van der Waals surface area contributed by atoms with Crippen LogP contribution >= 0.6 is 0 Å². The minimum absolute atomic E-state index is 0.0870. The first-order valence-electron chi connectivity index (χ1n) is 13.2. The molecule has 196 valence electrons. The van der Waals surface area contributed by atoms with Crippen LogP contribution < -0.4 is 10.1 Å². The van der Waals surface area contributed by atoms with Gasteiger partial charge < -0.3 is 19.9 Å². The van der Waals surface area contributed by atoms with Crippen molar-refractivity contribution < 1.29 is 23.9 Å². The number of ketones is 2. The molecule has 8 nitrogen and oxygen atoms in total. The van der Waals surface area contributed by atoms with Gasteiger partial charge in [0.05, 0.1) is 13.2 Å². The fraction of sp³-hybridized carbons (Fsp3) is 0.517. The molecule has 1 aromatic heterocycles. The first-order chi connectivity index (χ1) is 17.8. The Morgan fingerprint density at radius 3 is 2.76 bits per heavy atom. The van der Waals surface area contributed by atoms with Gasteiger partial charge in [-0.25, -0.2) is 0 Å². The highest BCUT2D eigenvalue weighted by atomic mass is 16.5. The van der Waals surface area contributed by atoms with E-state index in [1.54, 1.807) is 25.0 Å². The van der Waals surface area contributed by atoms with E-state index in [2.05, 4.69) is 16.9 Å². The highest BCUT2D eigenvalue weighted by Gasteiger charge is 2.69. The first-order valence-corrected chi connectivity index (χ1v) is 13.2. The Kier molecular flexibility index (Phi) is 6.46. The molecule has 2 aromatic rings. The van der Waals surface area contributed by atoms with Crippen molar-refractivity contribution in [3.8, 4) is 5.75 Å². The van der Waals surface area contributed by atoms with E-state index in [-0.39, 0.29) is 41.1 Å². The van der Waals surface area contributed by atoms with E-state index >= 15 is 0 Å². The van der Waals surface area contributed by atoms with Gasteiger partial charge in [0, 0.05) is 41.6 Å². The Bertz CT molecular complexity index is 1270. The summed E-state index contributed by atoms with van der Waals surface area (Å²) < 4.78 is 5.44. The third-order valence-corrected chi connectivity index (χ3v) is 8.70. The number of hydrogen-bond donors (Lipinski definition) is 2. The quantitative estimate of drug-likeness (QED) is 0.502. The van der Waals surface area contributed by atoms with Gasteiger partial charge in [-0.05, 0) is 50.3 Å². The summed E-state index contributed by atoms with van der Waals surface area (Å²) in [6.45, 7) is 6.13. The summed E-state index contributed by atoms with van der Waals surface area (Å²) in [7, 11) is 1.58. The molecular weight excluding hydrogens is 470 g/mol. The number of hydrogen-bond acceptors (Lipinski definition) is 5. The predicted octanol–water partition coefficient (Wildman–Crippen LogP) is 3.95. The minimum Gasteiger partial charge on any atom is -0.496 e. The maximum Gasteiger partial charge on any atom is 0.271 e. The highest BCUT2D eigenvalue weighted by molar-refractivity contribution is 6.04. The number of nitrogens with zero attached hydrogens (tertiary/aromatic N) is 1. The molecule has 2 amide bonds. The number of amides is 2. The molecule has 8 heteroatoms. The van der Waals surface area contributed by atoms with Crippen LogP contribution in [0.25, 0.3) is 10.9 Å². The smallest absolute Gasteiger partial charge is 0.271 e. The first kappa shape index (κ1) is 25.2. The average molecular weight is 506 g/mol. The Labute approximate surface area is 216 Å². The van der Waals surface area contributed by atoms with Crippen LogP contribution in [0.2, 0.25) is 0 Å². The molecule has 2 unspecified atom stereocenters. The number of aromatic nitrogens is 1. The molecule has 3 heterocycles. The Balaban J connectivity index is 1.40. The van der Waals surface area contributed by atoms with Crippen LogP contribution in [-0.2, 0) is 14.4 Å². The molecule has 4 aliphatic rings. The van der Waals surface area contributed by atoms with Crippen LogP contribution in [-0.4, -0.2) is 58.5 Å². The van der Waals surface area contributed by atoms with Gasteiger partial charge in [-0.3, -0.25) is 19.2 Å². The second kappa shape index (κ2) is 9.47. The lowest BCUT2D eigenvalue weighted by Crippen LogP contribution is -2.62. The van der Waals surface area contributed by atoms with Crippen LogP contribution in [0, 0.1) is 11.3 Å². The summed E-state index contributed by atoms with van der Waals surface area (Å²) >= 11 is 0. The van der Waals surface area contributed by atoms with Crippen molar-refractivity contribution in [2.45, 2.75) is 69.9 Å². The summed E-state index contributed by atoms with van der Waals surface area (Å²) in [6, 6.07) is 6.59. The molecule has 2 atom stereocenters. The summed E-state index contributed by atoms with van der Waals surface area (Å²) in [5.41, 5.74) is -0.208. The lowest BCUT2D eigenvalue weighted by Gasteiger charge is -2.45. The molecule has 1 aromatic carbocycles. The van der Waals surface area contributed by atoms with Crippen LogP contribution in [0.15, 0.2) is 36.9 Å². The van der Waals surface area contributed by atoms with Crippen molar-refractivity contribution in [3.63, 3.8) is 0 Å². The maximum absolute atomic E-state index is 13.8. The second-order valence-corrected chi connectivity index (χ2v) is 10.9. The fourth-order valence-corrected chi connectivity index (χ4v) is 6.60. The number of ether oxygens (including phenoxy) is 1. The fourth-order valence-electron chi connectivity index (χ4n) is 6.60. The number of rotatable bonds is 9. The van der Waals surface area contributed by atoms with Gasteiger partial charge in [-0.2, -0.15) is 0 Å². The standard InChI is InChI=1S/C29H35N3O5/c1-4-23(33)21(13-18-9-6-7-11-24(18)34)31-27(36)29-15-28(5-2,16-29)17-32(29)26(35)22-14-19-20(30-22)10-8-12-25(19)37-3/h5,8,10,12,14,18,21,30H,2,4,6-7,9,11,13,15-17H2,1,3H3,(H,31,36). The molecule has 2 aliphatic carbocycles. The third-order valence-electron chi connectivity index (χ3n) is 8.70. The number of carbonyl (C=O) groups excluding carboxylic acids is 4. The molecule has 0 spiro atoms. The van der Waals surface area contributed by atoms with Crippen molar-refractivity contribution in [2.24, 2.45) is 11.3 Å². The van der Waals surface area contributed by atoms with Crippen molar-refractivity contribution in [1.29, 1.82) is 0 Å². The van der Waals surface area contributed by atoms with Crippen LogP contribution in [0.1, 0.15) is 68.8 Å². The van der Waals surface area contributed by atoms with E-state index in [1.165, 1.54) is 0 Å². The van der Waals surface area contributed by atoms with E-state index in [4.69, 9.17) is 4.74 Å². The van der Waals surface area contributed by atoms with Gasteiger partial charge >= 0.3 is 0 Å². The average Bonchev–Trinajstić information content (AvgIpc) is 3.57. The van der Waals surface area contributed by atoms with Crippen LogP contribution in [0.4, 0.5) is 0 Å². The van der Waals surface area contributed by atoms with E-state index in [9.17, 15) is 19.2 Å². The van der Waals surface area contributed by atoms with Crippen molar-refractivity contribution in [2.75, 3.05) is 13.7 Å². The van der Waals surface area contributed by atoms with Crippen LogP contribution in [0.3, 0.4) is 0 Å². The summed E-state index contributed by atoms with van der Waals surface area (Å²) in [6.07, 6.45) is 6.52. The van der Waals surface area contributed by atoms with Crippen LogP contribution in [0.5, 0.6) is 5.75 Å². The second-order valence-electron chi connectivity index (χ2n) is 10.9. The minimum atomic E-state index is -1.05. The Morgan fingerprint density at radius 2 is 2.08 bits per heavy atom. The van der Waals surface area contributed by atoms with Crippen molar-refractivity contribution >= 4 is 34.3 Å². The van der Waals surface area contributed by atoms with Gasteiger partial charge in [-0.1, -0.05) is 25.5 Å². The molecule has 4 fully saturated rings. The van der Waals surface area contributed by atoms with Gasteiger partial charge in [0.2, 0.25) is 5.91 Å². The normalized spacial score (nSPS) is 27.5. The predicted molar refractivity (Wildman–Crippen MR) is 139 cm³/mol.